The Bertz CT molecular complexity index is 560. The molecule has 0 aliphatic heterocycles. The zero-order valence-corrected chi connectivity index (χ0v) is 11.6. The van der Waals surface area contributed by atoms with Crippen LogP contribution in [0, 0.1) is 11.7 Å². The lowest BCUT2D eigenvalue weighted by atomic mass is 10.1. The number of hydrogen-bond donors (Lipinski definition) is 2. The number of carboxylic acid groups (broad SMARTS) is 2. The van der Waals surface area contributed by atoms with E-state index in [4.69, 9.17) is 10.2 Å². The number of rotatable bonds is 6. The summed E-state index contributed by atoms with van der Waals surface area (Å²) in [6.07, 6.45) is 0. The fourth-order valence-electron chi connectivity index (χ4n) is 1.71. The molecule has 1 rings (SSSR count). The molecule has 0 heterocycles. The molecule has 0 radical (unpaired) electrons. The van der Waals surface area contributed by atoms with Gasteiger partial charge in [-0.3, -0.25) is 9.59 Å². The van der Waals surface area contributed by atoms with E-state index < -0.39 is 35.6 Å². The van der Waals surface area contributed by atoms with Gasteiger partial charge in [0.15, 0.2) is 0 Å². The van der Waals surface area contributed by atoms with Crippen LogP contribution in [0.3, 0.4) is 0 Å². The van der Waals surface area contributed by atoms with Crippen LogP contribution < -0.4 is 0 Å². The molecule has 2 N–H and O–H groups in total. The largest absolute Gasteiger partial charge is 0.481 e. The minimum absolute atomic E-state index is 0.289. The monoisotopic (exact) mass is 297 g/mol. The molecule has 1 amide bonds. The van der Waals surface area contributed by atoms with Gasteiger partial charge < -0.3 is 15.1 Å². The molecule has 2 atom stereocenters. The van der Waals surface area contributed by atoms with Gasteiger partial charge in [0, 0.05) is 6.54 Å². The summed E-state index contributed by atoms with van der Waals surface area (Å²) in [6.45, 7) is 2.27. The Hall–Kier alpha value is -2.44. The van der Waals surface area contributed by atoms with Gasteiger partial charge in [0.05, 0.1) is 11.5 Å². The highest BCUT2D eigenvalue weighted by Gasteiger charge is 2.30. The van der Waals surface area contributed by atoms with Crippen LogP contribution in [-0.2, 0) is 9.59 Å². The van der Waals surface area contributed by atoms with Crippen molar-refractivity contribution in [2.45, 2.75) is 19.9 Å². The van der Waals surface area contributed by atoms with Gasteiger partial charge in [-0.15, -0.1) is 0 Å². The van der Waals surface area contributed by atoms with Crippen LogP contribution in [0.4, 0.5) is 4.39 Å². The van der Waals surface area contributed by atoms with Crippen LogP contribution in [0.1, 0.15) is 24.2 Å². The normalized spacial score (nSPS) is 13.3. The highest BCUT2D eigenvalue weighted by atomic mass is 19.1. The number of carbonyl (C=O) groups is 3. The molecule has 1 aromatic rings. The molecule has 0 bridgehead atoms. The van der Waals surface area contributed by atoms with Gasteiger partial charge in [0.1, 0.15) is 11.9 Å². The number of benzene rings is 1. The molecule has 0 spiro atoms. The molecule has 0 saturated carbocycles. The molecule has 7 heteroatoms. The Kier molecular flexibility index (Phi) is 5.40. The smallest absolute Gasteiger partial charge is 0.326 e. The number of amides is 1. The first-order valence-electron chi connectivity index (χ1n) is 6.26. The minimum Gasteiger partial charge on any atom is -0.481 e. The maximum absolute atomic E-state index is 13.6. The molecule has 114 valence electrons. The number of aliphatic carboxylic acids is 2. The van der Waals surface area contributed by atoms with Crippen molar-refractivity contribution in [2.75, 3.05) is 6.54 Å². The van der Waals surface area contributed by atoms with E-state index in [1.807, 2.05) is 0 Å². The predicted octanol–water partition coefficient (Wildman–Crippen LogP) is 1.46. The van der Waals surface area contributed by atoms with Gasteiger partial charge in [-0.05, 0) is 19.1 Å². The fraction of sp³-hybridized carbons (Fsp3) is 0.357. The Morgan fingerprint density at radius 3 is 2.19 bits per heavy atom. The topological polar surface area (TPSA) is 94.9 Å². The maximum atomic E-state index is 13.6. The number of nitrogens with zero attached hydrogens (tertiary/aromatic N) is 1. The van der Waals surface area contributed by atoms with Crippen LogP contribution >= 0.6 is 0 Å². The average Bonchev–Trinajstić information content (AvgIpc) is 2.43. The van der Waals surface area contributed by atoms with Crippen molar-refractivity contribution in [1.29, 1.82) is 0 Å². The van der Waals surface area contributed by atoms with Gasteiger partial charge in [-0.2, -0.15) is 0 Å². The second kappa shape index (κ2) is 6.83. The molecule has 0 aliphatic carbocycles. The summed E-state index contributed by atoms with van der Waals surface area (Å²) in [6, 6.07) is 3.89. The van der Waals surface area contributed by atoms with E-state index in [0.29, 0.717) is 0 Å². The zero-order chi connectivity index (χ0) is 16.2. The van der Waals surface area contributed by atoms with Crippen LogP contribution in [-0.4, -0.2) is 45.5 Å². The number of carbonyl (C=O) groups excluding carboxylic acids is 1. The summed E-state index contributed by atoms with van der Waals surface area (Å²) >= 11 is 0. The first-order chi connectivity index (χ1) is 9.75. The molecular weight excluding hydrogens is 281 g/mol. The quantitative estimate of drug-likeness (QED) is 0.829. The molecule has 0 aromatic heterocycles. The molecule has 0 fully saturated rings. The Morgan fingerprint density at radius 1 is 1.14 bits per heavy atom. The van der Waals surface area contributed by atoms with Crippen molar-refractivity contribution in [2.24, 2.45) is 5.92 Å². The highest BCUT2D eigenvalue weighted by Crippen LogP contribution is 2.15. The Labute approximate surface area is 120 Å². The third-order valence-electron chi connectivity index (χ3n) is 3.08. The summed E-state index contributed by atoms with van der Waals surface area (Å²) < 4.78 is 13.6. The molecule has 0 aliphatic rings. The van der Waals surface area contributed by atoms with E-state index in [-0.39, 0.29) is 12.1 Å². The summed E-state index contributed by atoms with van der Waals surface area (Å²) in [4.78, 5) is 35.1. The molecule has 1 aromatic carbocycles. The van der Waals surface area contributed by atoms with Crippen molar-refractivity contribution >= 4 is 17.8 Å². The summed E-state index contributed by atoms with van der Waals surface area (Å²) in [5.41, 5.74) is -0.289. The van der Waals surface area contributed by atoms with E-state index in [1.54, 1.807) is 0 Å². The van der Waals surface area contributed by atoms with Crippen LogP contribution in [0.2, 0.25) is 0 Å². The predicted molar refractivity (Wildman–Crippen MR) is 71.3 cm³/mol. The summed E-state index contributed by atoms with van der Waals surface area (Å²) in [7, 11) is 0. The fourth-order valence-corrected chi connectivity index (χ4v) is 1.71. The maximum Gasteiger partial charge on any atom is 0.326 e. The second-order valence-electron chi connectivity index (χ2n) is 4.69. The van der Waals surface area contributed by atoms with Crippen LogP contribution in [0.15, 0.2) is 24.3 Å². The third kappa shape index (κ3) is 4.01. The van der Waals surface area contributed by atoms with Crippen LogP contribution in [0.5, 0.6) is 0 Å². The first kappa shape index (κ1) is 16.6. The average molecular weight is 297 g/mol. The van der Waals surface area contributed by atoms with Crippen molar-refractivity contribution in [3.63, 3.8) is 0 Å². The SMILES string of the molecule is CC(CN(C(=O)c1ccccc1F)C(C)C(=O)O)C(=O)O. The minimum atomic E-state index is -1.29. The lowest BCUT2D eigenvalue weighted by Gasteiger charge is -2.28. The van der Waals surface area contributed by atoms with Gasteiger partial charge >= 0.3 is 11.9 Å². The molecule has 6 nitrogen and oxygen atoms in total. The third-order valence-corrected chi connectivity index (χ3v) is 3.08. The number of hydrogen-bond acceptors (Lipinski definition) is 3. The Balaban J connectivity index is 3.12. The number of carboxylic acids is 2. The van der Waals surface area contributed by atoms with Gasteiger partial charge in [-0.1, -0.05) is 19.1 Å². The first-order valence-corrected chi connectivity index (χ1v) is 6.26. The molecular formula is C14H16FNO5. The lowest BCUT2D eigenvalue weighted by Crippen LogP contribution is -2.46. The second-order valence-corrected chi connectivity index (χ2v) is 4.69. The van der Waals surface area contributed by atoms with Gasteiger partial charge in [0.25, 0.3) is 5.91 Å². The highest BCUT2D eigenvalue weighted by molar-refractivity contribution is 5.97. The van der Waals surface area contributed by atoms with Crippen molar-refractivity contribution in [1.82, 2.24) is 4.90 Å². The standard InChI is InChI=1S/C14H16FNO5/c1-8(13(18)19)7-16(9(2)14(20)21)12(17)10-5-3-4-6-11(10)15/h3-6,8-9H,7H2,1-2H3,(H,18,19)(H,20,21). The van der Waals surface area contributed by atoms with Gasteiger partial charge in [-0.25, -0.2) is 9.18 Å². The number of halogens is 1. The molecule has 21 heavy (non-hydrogen) atoms. The zero-order valence-electron chi connectivity index (χ0n) is 11.6. The summed E-state index contributed by atoms with van der Waals surface area (Å²) in [5.74, 6) is -5.07. The van der Waals surface area contributed by atoms with E-state index in [9.17, 15) is 18.8 Å². The van der Waals surface area contributed by atoms with Crippen molar-refractivity contribution < 1.29 is 29.0 Å². The molecule has 0 saturated heterocycles. The van der Waals surface area contributed by atoms with E-state index in [2.05, 4.69) is 0 Å². The Morgan fingerprint density at radius 2 is 1.71 bits per heavy atom. The van der Waals surface area contributed by atoms with E-state index >= 15 is 0 Å². The summed E-state index contributed by atoms with van der Waals surface area (Å²) in [5, 5.41) is 17.9. The van der Waals surface area contributed by atoms with Crippen LogP contribution in [0.25, 0.3) is 0 Å². The van der Waals surface area contributed by atoms with Gasteiger partial charge in [0.2, 0.25) is 0 Å². The molecule has 2 unspecified atom stereocenters. The van der Waals surface area contributed by atoms with E-state index in [1.165, 1.54) is 32.0 Å². The van der Waals surface area contributed by atoms with Crippen molar-refractivity contribution in [3.05, 3.63) is 35.6 Å². The van der Waals surface area contributed by atoms with E-state index in [0.717, 1.165) is 11.0 Å². The lowest BCUT2D eigenvalue weighted by molar-refractivity contribution is -0.145. The van der Waals surface area contributed by atoms with Crippen molar-refractivity contribution in [3.8, 4) is 0 Å².